The molecule has 0 heterocycles. The van der Waals surface area contributed by atoms with Crippen molar-refractivity contribution in [1.82, 2.24) is 0 Å². The molecular weight excluding hydrogens is 372 g/mol. The highest BCUT2D eigenvalue weighted by atomic mass is 16.5. The quantitative estimate of drug-likeness (QED) is 0.182. The molecule has 0 aliphatic carbocycles. The van der Waals surface area contributed by atoms with Crippen LogP contribution >= 0.6 is 0 Å². The van der Waals surface area contributed by atoms with E-state index in [1.54, 1.807) is 6.08 Å². The molecule has 1 rings (SSSR count). The third kappa shape index (κ3) is 13.5. The highest BCUT2D eigenvalue weighted by molar-refractivity contribution is 5.85. The summed E-state index contributed by atoms with van der Waals surface area (Å²) in [4.78, 5) is 10.8. The van der Waals surface area contributed by atoms with Gasteiger partial charge in [0, 0.05) is 11.6 Å². The van der Waals surface area contributed by atoms with Crippen molar-refractivity contribution in [3.8, 4) is 5.75 Å². The lowest BCUT2D eigenvalue weighted by Crippen LogP contribution is -2.15. The first-order valence-corrected chi connectivity index (χ1v) is 12.3. The van der Waals surface area contributed by atoms with Crippen molar-refractivity contribution in [2.24, 2.45) is 0 Å². The van der Waals surface area contributed by atoms with Gasteiger partial charge in [-0.3, -0.25) is 0 Å². The minimum absolute atomic E-state index is 0.192. The van der Waals surface area contributed by atoms with Crippen molar-refractivity contribution >= 4 is 12.0 Å². The Morgan fingerprint density at radius 2 is 1.40 bits per heavy atom. The zero-order chi connectivity index (χ0) is 21.9. The minimum atomic E-state index is -0.941. The van der Waals surface area contributed by atoms with E-state index < -0.39 is 5.97 Å². The molecule has 0 aliphatic heterocycles. The first-order chi connectivity index (χ1) is 14.7. The second-order valence-electron chi connectivity index (χ2n) is 8.39. The van der Waals surface area contributed by atoms with Crippen LogP contribution in [0.2, 0.25) is 0 Å². The lowest BCUT2D eigenvalue weighted by Gasteiger charge is -2.19. The molecule has 1 unspecified atom stereocenters. The van der Waals surface area contributed by atoms with E-state index in [2.05, 4.69) is 13.8 Å². The van der Waals surface area contributed by atoms with E-state index in [1.807, 2.05) is 24.3 Å². The first kappa shape index (κ1) is 26.3. The maximum atomic E-state index is 10.8. The lowest BCUT2D eigenvalue weighted by molar-refractivity contribution is -0.131. The molecule has 1 N–H and O–H groups in total. The van der Waals surface area contributed by atoms with Crippen LogP contribution in [-0.4, -0.2) is 17.2 Å². The van der Waals surface area contributed by atoms with Gasteiger partial charge in [-0.2, -0.15) is 0 Å². The van der Waals surface area contributed by atoms with E-state index in [1.165, 1.54) is 83.5 Å². The number of carboxylic acid groups (broad SMARTS) is 1. The Morgan fingerprint density at radius 1 is 0.867 bits per heavy atom. The second-order valence-corrected chi connectivity index (χ2v) is 8.39. The molecule has 0 saturated carbocycles. The van der Waals surface area contributed by atoms with Gasteiger partial charge in [-0.15, -0.1) is 0 Å². The van der Waals surface area contributed by atoms with E-state index in [9.17, 15) is 4.79 Å². The third-order valence-corrected chi connectivity index (χ3v) is 5.70. The third-order valence-electron chi connectivity index (χ3n) is 5.70. The molecule has 0 bridgehead atoms. The fourth-order valence-electron chi connectivity index (χ4n) is 3.80. The molecule has 0 spiro atoms. The smallest absolute Gasteiger partial charge is 0.328 e. The fraction of sp³-hybridized carbons (Fsp3) is 0.667. The summed E-state index contributed by atoms with van der Waals surface area (Å²) in [5.41, 5.74) is 0.823. The number of aliphatic carboxylic acids is 1. The molecule has 3 heteroatoms. The Bertz CT molecular complexity index is 579. The van der Waals surface area contributed by atoms with Crippen LogP contribution in [-0.2, 0) is 4.79 Å². The number of carboxylic acids is 1. The molecule has 170 valence electrons. The predicted octanol–water partition coefficient (Wildman–Crippen LogP) is 8.42. The van der Waals surface area contributed by atoms with Gasteiger partial charge in [0.05, 0.1) is 6.10 Å². The largest absolute Gasteiger partial charge is 0.490 e. The van der Waals surface area contributed by atoms with Gasteiger partial charge < -0.3 is 9.84 Å². The van der Waals surface area contributed by atoms with Crippen molar-refractivity contribution in [3.05, 3.63) is 35.9 Å². The van der Waals surface area contributed by atoms with Gasteiger partial charge in [-0.1, -0.05) is 109 Å². The van der Waals surface area contributed by atoms with Crippen molar-refractivity contribution < 1.29 is 14.6 Å². The Morgan fingerprint density at radius 3 is 1.93 bits per heavy atom. The summed E-state index contributed by atoms with van der Waals surface area (Å²) < 4.78 is 6.19. The molecular formula is C27H44O3. The Balaban J connectivity index is 2.13. The molecule has 3 nitrogen and oxygen atoms in total. The zero-order valence-corrected chi connectivity index (χ0v) is 19.4. The van der Waals surface area contributed by atoms with Crippen LogP contribution in [0, 0.1) is 0 Å². The van der Waals surface area contributed by atoms with E-state index >= 15 is 0 Å². The van der Waals surface area contributed by atoms with Crippen molar-refractivity contribution in [2.75, 3.05) is 0 Å². The fourth-order valence-corrected chi connectivity index (χ4v) is 3.80. The number of para-hydroxylation sites is 1. The Labute approximate surface area is 184 Å². The Hall–Kier alpha value is -1.77. The van der Waals surface area contributed by atoms with Crippen LogP contribution in [0.1, 0.15) is 116 Å². The Kier molecular flexibility index (Phi) is 15.8. The van der Waals surface area contributed by atoms with Crippen LogP contribution in [0.25, 0.3) is 6.08 Å². The number of hydrogen-bond donors (Lipinski definition) is 1. The molecule has 30 heavy (non-hydrogen) atoms. The van der Waals surface area contributed by atoms with Gasteiger partial charge >= 0.3 is 5.97 Å². The van der Waals surface area contributed by atoms with E-state index in [0.717, 1.165) is 30.2 Å². The summed E-state index contributed by atoms with van der Waals surface area (Å²) in [5.74, 6) is -0.166. The maximum absolute atomic E-state index is 10.8. The van der Waals surface area contributed by atoms with E-state index in [-0.39, 0.29) is 6.10 Å². The van der Waals surface area contributed by atoms with Gasteiger partial charge in [-0.05, 0) is 31.4 Å². The molecule has 0 aliphatic rings. The van der Waals surface area contributed by atoms with E-state index in [4.69, 9.17) is 9.84 Å². The predicted molar refractivity (Wildman–Crippen MR) is 128 cm³/mol. The molecule has 0 fully saturated rings. The molecule has 1 atom stereocenters. The average Bonchev–Trinajstić information content (AvgIpc) is 2.75. The number of ether oxygens (including phenoxy) is 1. The molecule has 0 aromatic heterocycles. The highest BCUT2D eigenvalue weighted by Crippen LogP contribution is 2.23. The number of benzene rings is 1. The van der Waals surface area contributed by atoms with Crippen LogP contribution < -0.4 is 4.74 Å². The van der Waals surface area contributed by atoms with Crippen LogP contribution in [0.3, 0.4) is 0 Å². The van der Waals surface area contributed by atoms with Crippen LogP contribution in [0.4, 0.5) is 0 Å². The number of carbonyl (C=O) groups is 1. The molecule has 1 aromatic carbocycles. The summed E-state index contributed by atoms with van der Waals surface area (Å²) in [7, 11) is 0. The summed E-state index contributed by atoms with van der Waals surface area (Å²) in [6, 6.07) is 7.66. The van der Waals surface area contributed by atoms with Gasteiger partial charge in [-0.25, -0.2) is 4.79 Å². The lowest BCUT2D eigenvalue weighted by atomic mass is 10.0. The first-order valence-electron chi connectivity index (χ1n) is 12.3. The monoisotopic (exact) mass is 416 g/mol. The molecule has 1 aromatic rings. The number of unbranched alkanes of at least 4 members (excludes halogenated alkanes) is 12. The van der Waals surface area contributed by atoms with E-state index in [0.29, 0.717) is 0 Å². The summed E-state index contributed by atoms with van der Waals surface area (Å²) in [6.07, 6.45) is 22.8. The second kappa shape index (κ2) is 18.0. The summed E-state index contributed by atoms with van der Waals surface area (Å²) >= 11 is 0. The van der Waals surface area contributed by atoms with Crippen molar-refractivity contribution in [3.63, 3.8) is 0 Å². The minimum Gasteiger partial charge on any atom is -0.490 e. The molecule has 0 saturated heterocycles. The topological polar surface area (TPSA) is 46.5 Å². The highest BCUT2D eigenvalue weighted by Gasteiger charge is 2.10. The maximum Gasteiger partial charge on any atom is 0.328 e. The van der Waals surface area contributed by atoms with Crippen molar-refractivity contribution in [2.45, 2.75) is 116 Å². The molecule has 0 amide bonds. The average molecular weight is 417 g/mol. The van der Waals surface area contributed by atoms with Gasteiger partial charge in [0.2, 0.25) is 0 Å². The standard InChI is InChI=1S/C27H44O3/c1-3-5-6-7-8-9-10-11-12-13-14-15-16-20-25(4-2)30-26-21-18-17-19-24(26)22-23-27(28)29/h17-19,21-23,25H,3-16,20H2,1-2H3,(H,28,29)/b23-22+. The normalized spacial score (nSPS) is 12.3. The molecule has 0 radical (unpaired) electrons. The zero-order valence-electron chi connectivity index (χ0n) is 19.4. The van der Waals surface area contributed by atoms with Crippen LogP contribution in [0.5, 0.6) is 5.75 Å². The number of rotatable bonds is 19. The SMILES string of the molecule is CCCCCCCCCCCCCCCC(CC)Oc1ccccc1/C=C/C(=O)O. The summed E-state index contributed by atoms with van der Waals surface area (Å²) in [6.45, 7) is 4.43. The van der Waals surface area contributed by atoms with Gasteiger partial charge in [0.15, 0.2) is 0 Å². The van der Waals surface area contributed by atoms with Gasteiger partial charge in [0.25, 0.3) is 0 Å². The summed E-state index contributed by atoms with van der Waals surface area (Å²) in [5, 5.41) is 8.85. The van der Waals surface area contributed by atoms with Crippen molar-refractivity contribution in [1.29, 1.82) is 0 Å². The van der Waals surface area contributed by atoms with Crippen LogP contribution in [0.15, 0.2) is 30.3 Å². The van der Waals surface area contributed by atoms with Gasteiger partial charge in [0.1, 0.15) is 5.75 Å². The number of hydrogen-bond acceptors (Lipinski definition) is 2.